The van der Waals surface area contributed by atoms with Gasteiger partial charge in [0.2, 0.25) is 0 Å². The fourth-order valence-electron chi connectivity index (χ4n) is 2.41. The number of benzene rings is 3. The first-order valence-corrected chi connectivity index (χ1v) is 11.5. The normalized spacial score (nSPS) is 11.6. The Hall–Kier alpha value is -2.16. The molecule has 0 saturated carbocycles. The second-order valence-electron chi connectivity index (χ2n) is 6.12. The first-order chi connectivity index (χ1) is 13.8. The van der Waals surface area contributed by atoms with E-state index in [0.29, 0.717) is 8.95 Å². The summed E-state index contributed by atoms with van der Waals surface area (Å²) in [4.78, 5) is 4.50. The number of ether oxygens (including phenoxy) is 1. The van der Waals surface area contributed by atoms with Crippen LogP contribution in [0.3, 0.4) is 0 Å². The Labute approximate surface area is 186 Å². The Morgan fingerprint density at radius 3 is 2.07 bits per heavy atom. The summed E-state index contributed by atoms with van der Waals surface area (Å²) in [5, 5.41) is 0. The third-order valence-electron chi connectivity index (χ3n) is 3.96. The van der Waals surface area contributed by atoms with Crippen LogP contribution < -0.4 is 8.92 Å². The van der Waals surface area contributed by atoms with E-state index in [-0.39, 0.29) is 10.6 Å². The van der Waals surface area contributed by atoms with E-state index in [4.69, 9.17) is 8.92 Å². The highest BCUT2D eigenvalue weighted by atomic mass is 79.9. The highest BCUT2D eigenvalue weighted by Crippen LogP contribution is 2.36. The Kier molecular flexibility index (Phi) is 6.77. The quantitative estimate of drug-likeness (QED) is 0.283. The summed E-state index contributed by atoms with van der Waals surface area (Å²) in [5.41, 5.74) is 2.49. The molecule has 0 spiro atoms. The molecule has 0 heterocycles. The van der Waals surface area contributed by atoms with Gasteiger partial charge in [-0.3, -0.25) is 4.99 Å². The maximum absolute atomic E-state index is 12.6. The molecule has 0 saturated heterocycles. The minimum absolute atomic E-state index is 0.0899. The molecule has 5 nitrogen and oxygen atoms in total. The predicted octanol–water partition coefficient (Wildman–Crippen LogP) is 6.05. The van der Waals surface area contributed by atoms with Gasteiger partial charge >= 0.3 is 10.1 Å². The van der Waals surface area contributed by atoms with Crippen molar-refractivity contribution in [3.05, 3.63) is 80.7 Å². The van der Waals surface area contributed by atoms with Crippen LogP contribution >= 0.6 is 31.9 Å². The lowest BCUT2D eigenvalue weighted by atomic mass is 10.2. The van der Waals surface area contributed by atoms with Crippen molar-refractivity contribution in [2.45, 2.75) is 11.8 Å². The van der Waals surface area contributed by atoms with Crippen molar-refractivity contribution in [1.82, 2.24) is 0 Å². The van der Waals surface area contributed by atoms with Crippen molar-refractivity contribution in [2.75, 3.05) is 7.11 Å². The van der Waals surface area contributed by atoms with Crippen molar-refractivity contribution < 1.29 is 17.3 Å². The molecule has 0 aliphatic carbocycles. The summed E-state index contributed by atoms with van der Waals surface area (Å²) in [5.74, 6) is 0.929. The van der Waals surface area contributed by atoms with E-state index in [0.717, 1.165) is 22.6 Å². The lowest BCUT2D eigenvalue weighted by molar-refractivity contribution is 0.415. The molecule has 3 rings (SSSR count). The van der Waals surface area contributed by atoms with Crippen LogP contribution in [0.15, 0.2) is 79.5 Å². The Morgan fingerprint density at radius 1 is 0.931 bits per heavy atom. The summed E-state index contributed by atoms with van der Waals surface area (Å²) in [6.07, 6.45) is 1.68. The number of hydrogen-bond acceptors (Lipinski definition) is 5. The number of aryl methyl sites for hydroxylation is 1. The number of hydrogen-bond donors (Lipinski definition) is 0. The number of rotatable bonds is 6. The number of aliphatic imine (C=N–C) groups is 1. The summed E-state index contributed by atoms with van der Waals surface area (Å²) >= 11 is 6.76. The SMILES string of the molecule is COc1ccc(N=Cc2cc(Br)c(OS(=O)(=O)c3ccc(C)cc3)c(Br)c2)cc1. The molecular formula is C21H17Br2NO4S. The average Bonchev–Trinajstić information content (AvgIpc) is 2.70. The molecule has 0 unspecified atom stereocenters. The van der Waals surface area contributed by atoms with Crippen LogP contribution in [0.5, 0.6) is 11.5 Å². The molecule has 150 valence electrons. The number of nitrogens with zero attached hydrogens (tertiary/aromatic N) is 1. The van der Waals surface area contributed by atoms with Crippen molar-refractivity contribution >= 4 is 53.9 Å². The molecule has 0 aliphatic heterocycles. The van der Waals surface area contributed by atoms with Gasteiger partial charge < -0.3 is 8.92 Å². The first-order valence-electron chi connectivity index (χ1n) is 8.47. The maximum atomic E-state index is 12.6. The van der Waals surface area contributed by atoms with Gasteiger partial charge in [-0.2, -0.15) is 8.42 Å². The van der Waals surface area contributed by atoms with Crippen LogP contribution in [0.4, 0.5) is 5.69 Å². The lowest BCUT2D eigenvalue weighted by Gasteiger charge is -2.11. The minimum atomic E-state index is -3.96. The predicted molar refractivity (Wildman–Crippen MR) is 121 cm³/mol. The molecule has 0 amide bonds. The zero-order valence-corrected chi connectivity index (χ0v) is 19.6. The minimum Gasteiger partial charge on any atom is -0.497 e. The fraction of sp³-hybridized carbons (Fsp3) is 0.0952. The molecule has 0 atom stereocenters. The standard InChI is InChI=1S/C21H17Br2NO4S/c1-14-3-9-18(10-4-14)29(25,26)28-21-19(22)11-15(12-20(21)23)13-24-16-5-7-17(27-2)8-6-16/h3-13H,1-2H3. The third-order valence-corrected chi connectivity index (χ3v) is 6.37. The van der Waals surface area contributed by atoms with Gasteiger partial charge in [-0.1, -0.05) is 17.7 Å². The Morgan fingerprint density at radius 2 is 1.52 bits per heavy atom. The van der Waals surface area contributed by atoms with Crippen LogP contribution in [0.1, 0.15) is 11.1 Å². The van der Waals surface area contributed by atoms with Crippen LogP contribution in [-0.2, 0) is 10.1 Å². The smallest absolute Gasteiger partial charge is 0.339 e. The first kappa shape index (κ1) is 21.5. The zero-order valence-electron chi connectivity index (χ0n) is 15.6. The van der Waals surface area contributed by atoms with E-state index in [9.17, 15) is 8.42 Å². The molecule has 3 aromatic rings. The highest BCUT2D eigenvalue weighted by Gasteiger charge is 2.20. The van der Waals surface area contributed by atoms with Crippen LogP contribution in [0.2, 0.25) is 0 Å². The second kappa shape index (κ2) is 9.11. The average molecular weight is 539 g/mol. The van der Waals surface area contributed by atoms with Gasteiger partial charge in [0.1, 0.15) is 10.6 Å². The zero-order chi connectivity index (χ0) is 21.0. The van der Waals surface area contributed by atoms with E-state index in [1.54, 1.807) is 37.6 Å². The molecule has 0 bridgehead atoms. The summed E-state index contributed by atoms with van der Waals surface area (Å²) in [7, 11) is -2.35. The van der Waals surface area contributed by atoms with Gasteiger partial charge in [0.15, 0.2) is 5.75 Å². The largest absolute Gasteiger partial charge is 0.497 e. The molecule has 0 aliphatic rings. The molecule has 0 aromatic heterocycles. The van der Waals surface area contributed by atoms with E-state index in [1.807, 2.05) is 31.2 Å². The van der Waals surface area contributed by atoms with E-state index in [1.165, 1.54) is 12.1 Å². The van der Waals surface area contributed by atoms with Gasteiger partial charge in [0, 0.05) is 6.21 Å². The van der Waals surface area contributed by atoms with Crippen molar-refractivity contribution in [1.29, 1.82) is 0 Å². The number of halogens is 2. The molecular weight excluding hydrogens is 522 g/mol. The molecule has 0 radical (unpaired) electrons. The van der Waals surface area contributed by atoms with Gasteiger partial charge in [-0.15, -0.1) is 0 Å². The third kappa shape index (κ3) is 5.46. The monoisotopic (exact) mass is 537 g/mol. The summed E-state index contributed by atoms with van der Waals surface area (Å²) in [6, 6.07) is 17.3. The van der Waals surface area contributed by atoms with Crippen molar-refractivity contribution in [3.63, 3.8) is 0 Å². The lowest BCUT2D eigenvalue weighted by Crippen LogP contribution is -2.10. The van der Waals surface area contributed by atoms with Gasteiger partial charge in [-0.05, 0) is 92.9 Å². The fourth-order valence-corrected chi connectivity index (χ4v) is 4.98. The van der Waals surface area contributed by atoms with Crippen LogP contribution in [0.25, 0.3) is 0 Å². The van der Waals surface area contributed by atoms with E-state index in [2.05, 4.69) is 36.9 Å². The van der Waals surface area contributed by atoms with Crippen molar-refractivity contribution in [3.8, 4) is 11.5 Å². The van der Waals surface area contributed by atoms with E-state index < -0.39 is 10.1 Å². The van der Waals surface area contributed by atoms with E-state index >= 15 is 0 Å². The molecule has 8 heteroatoms. The summed E-state index contributed by atoms with van der Waals surface area (Å²) in [6.45, 7) is 1.89. The second-order valence-corrected chi connectivity index (χ2v) is 9.38. The van der Waals surface area contributed by atoms with Gasteiger partial charge in [0.25, 0.3) is 0 Å². The molecule has 3 aromatic carbocycles. The molecule has 0 fully saturated rings. The molecule has 0 N–H and O–H groups in total. The Balaban J connectivity index is 1.83. The van der Waals surface area contributed by atoms with Crippen LogP contribution in [-0.4, -0.2) is 21.7 Å². The highest BCUT2D eigenvalue weighted by molar-refractivity contribution is 9.11. The summed E-state index contributed by atoms with van der Waals surface area (Å²) < 4.78 is 36.6. The van der Waals surface area contributed by atoms with Crippen molar-refractivity contribution in [2.24, 2.45) is 4.99 Å². The number of methoxy groups -OCH3 is 1. The van der Waals surface area contributed by atoms with Crippen LogP contribution in [0, 0.1) is 6.92 Å². The van der Waals surface area contributed by atoms with Gasteiger partial charge in [-0.25, -0.2) is 0 Å². The molecule has 29 heavy (non-hydrogen) atoms. The van der Waals surface area contributed by atoms with Gasteiger partial charge in [0.05, 0.1) is 21.7 Å². The topological polar surface area (TPSA) is 65.0 Å². The Bertz CT molecular complexity index is 1120. The maximum Gasteiger partial charge on any atom is 0.339 e.